The van der Waals surface area contributed by atoms with E-state index in [9.17, 15) is 0 Å². The Balaban J connectivity index is 2.09. The normalized spacial score (nSPS) is 9.96. The third-order valence-corrected chi connectivity index (χ3v) is 4.12. The fraction of sp³-hybridized carbons (Fsp3) is 0.263. The van der Waals surface area contributed by atoms with Crippen molar-refractivity contribution in [1.29, 1.82) is 5.26 Å². The van der Waals surface area contributed by atoms with Gasteiger partial charge in [-0.15, -0.1) is 0 Å². The van der Waals surface area contributed by atoms with Crippen LogP contribution in [0.4, 0.5) is 5.69 Å². The summed E-state index contributed by atoms with van der Waals surface area (Å²) in [6.07, 6.45) is 0.446. The summed E-state index contributed by atoms with van der Waals surface area (Å²) >= 11 is 5.55. The molecule has 0 fully saturated rings. The summed E-state index contributed by atoms with van der Waals surface area (Å²) < 4.78 is 0. The Hall–Kier alpha value is -2.38. The molecule has 0 aliphatic rings. The van der Waals surface area contributed by atoms with Crippen LogP contribution in [0.2, 0.25) is 0 Å². The maximum absolute atomic E-state index is 8.88. The van der Waals surface area contributed by atoms with E-state index in [1.165, 1.54) is 16.7 Å². The van der Waals surface area contributed by atoms with Crippen LogP contribution in [-0.4, -0.2) is 16.6 Å². The molecule has 0 unspecified atom stereocenters. The third-order valence-electron chi connectivity index (χ3n) is 3.76. The average molecular weight is 323 g/mol. The van der Waals surface area contributed by atoms with E-state index in [1.54, 1.807) is 0 Å². The number of rotatable bonds is 5. The van der Waals surface area contributed by atoms with Crippen molar-refractivity contribution in [3.05, 3.63) is 65.2 Å². The standard InChI is InChI=1S/C19H21N3S/c1-15-9-10-18(13-16(15)2)21-19(23)22(12-6-11-20)14-17-7-4-3-5-8-17/h3-5,7-10,13H,6,12,14H2,1-2H3,(H,21,23). The summed E-state index contributed by atoms with van der Waals surface area (Å²) in [5.74, 6) is 0. The second kappa shape index (κ2) is 8.30. The zero-order chi connectivity index (χ0) is 16.7. The van der Waals surface area contributed by atoms with Crippen LogP contribution in [0.1, 0.15) is 23.1 Å². The molecule has 118 valence electrons. The van der Waals surface area contributed by atoms with Crippen molar-refractivity contribution in [2.75, 3.05) is 11.9 Å². The van der Waals surface area contributed by atoms with Crippen molar-refractivity contribution in [1.82, 2.24) is 4.90 Å². The van der Waals surface area contributed by atoms with Crippen LogP contribution in [0.5, 0.6) is 0 Å². The molecule has 2 rings (SSSR count). The first-order valence-corrected chi connectivity index (χ1v) is 8.05. The summed E-state index contributed by atoms with van der Waals surface area (Å²) in [4.78, 5) is 2.03. The molecule has 0 spiro atoms. The van der Waals surface area contributed by atoms with Crippen LogP contribution in [0.15, 0.2) is 48.5 Å². The highest BCUT2D eigenvalue weighted by Gasteiger charge is 2.10. The molecule has 0 amide bonds. The highest BCUT2D eigenvalue weighted by Crippen LogP contribution is 2.15. The van der Waals surface area contributed by atoms with Gasteiger partial charge < -0.3 is 10.2 Å². The van der Waals surface area contributed by atoms with Gasteiger partial charge in [-0.2, -0.15) is 5.26 Å². The van der Waals surface area contributed by atoms with Gasteiger partial charge in [-0.25, -0.2) is 0 Å². The van der Waals surface area contributed by atoms with Crippen molar-refractivity contribution in [3.63, 3.8) is 0 Å². The number of aryl methyl sites for hydroxylation is 2. The monoisotopic (exact) mass is 323 g/mol. The number of hydrogen-bond acceptors (Lipinski definition) is 2. The summed E-state index contributed by atoms with van der Waals surface area (Å²) in [7, 11) is 0. The molecule has 0 saturated heterocycles. The van der Waals surface area contributed by atoms with Gasteiger partial charge in [0, 0.05) is 18.8 Å². The Kier molecular flexibility index (Phi) is 6.13. The highest BCUT2D eigenvalue weighted by atomic mass is 32.1. The molecule has 0 aliphatic carbocycles. The quantitative estimate of drug-likeness (QED) is 0.827. The second-order valence-corrected chi connectivity index (χ2v) is 5.93. The predicted octanol–water partition coefficient (Wildman–Crippen LogP) is 4.42. The molecule has 0 bridgehead atoms. The number of hydrogen-bond donors (Lipinski definition) is 1. The van der Waals surface area contributed by atoms with E-state index in [0.717, 1.165) is 5.69 Å². The molecule has 0 aromatic heterocycles. The van der Waals surface area contributed by atoms with Gasteiger partial charge in [0.05, 0.1) is 12.5 Å². The van der Waals surface area contributed by atoms with Crippen molar-refractivity contribution < 1.29 is 0 Å². The highest BCUT2D eigenvalue weighted by molar-refractivity contribution is 7.80. The smallest absolute Gasteiger partial charge is 0.173 e. The van der Waals surface area contributed by atoms with Gasteiger partial charge in [0.1, 0.15) is 0 Å². The van der Waals surface area contributed by atoms with E-state index in [2.05, 4.69) is 49.5 Å². The number of nitrogens with one attached hydrogen (secondary N) is 1. The molecule has 2 aromatic rings. The molecular weight excluding hydrogens is 302 g/mol. The number of thiocarbonyl (C=S) groups is 1. The number of anilines is 1. The van der Waals surface area contributed by atoms with Gasteiger partial charge in [0.15, 0.2) is 5.11 Å². The molecule has 0 aliphatic heterocycles. The molecular formula is C19H21N3S. The Morgan fingerprint density at radius 1 is 1.13 bits per heavy atom. The van der Waals surface area contributed by atoms with Crippen molar-refractivity contribution >= 4 is 23.0 Å². The summed E-state index contributed by atoms with van der Waals surface area (Å²) in [5.41, 5.74) is 4.64. The third kappa shape index (κ3) is 5.08. The van der Waals surface area contributed by atoms with E-state index in [4.69, 9.17) is 17.5 Å². The van der Waals surface area contributed by atoms with Gasteiger partial charge in [0.25, 0.3) is 0 Å². The number of nitrogens with zero attached hydrogens (tertiary/aromatic N) is 2. The van der Waals surface area contributed by atoms with E-state index in [0.29, 0.717) is 24.6 Å². The molecule has 1 N–H and O–H groups in total. The van der Waals surface area contributed by atoms with Crippen LogP contribution < -0.4 is 5.32 Å². The number of benzene rings is 2. The van der Waals surface area contributed by atoms with E-state index >= 15 is 0 Å². The van der Waals surface area contributed by atoms with Gasteiger partial charge in [0.2, 0.25) is 0 Å². The minimum atomic E-state index is 0.446. The van der Waals surface area contributed by atoms with Crippen molar-refractivity contribution in [2.24, 2.45) is 0 Å². The van der Waals surface area contributed by atoms with Gasteiger partial charge >= 0.3 is 0 Å². The van der Waals surface area contributed by atoms with Crippen LogP contribution >= 0.6 is 12.2 Å². The first-order valence-electron chi connectivity index (χ1n) is 7.64. The second-order valence-electron chi connectivity index (χ2n) is 5.54. The lowest BCUT2D eigenvalue weighted by Gasteiger charge is -2.25. The molecule has 0 saturated carbocycles. The molecule has 0 atom stereocenters. The minimum Gasteiger partial charge on any atom is -0.344 e. The summed E-state index contributed by atoms with van der Waals surface area (Å²) in [5, 5.41) is 12.8. The van der Waals surface area contributed by atoms with Gasteiger partial charge in [-0.05, 0) is 54.9 Å². The van der Waals surface area contributed by atoms with E-state index in [1.807, 2.05) is 29.2 Å². The van der Waals surface area contributed by atoms with Crippen molar-refractivity contribution in [2.45, 2.75) is 26.8 Å². The maximum atomic E-state index is 8.88. The molecule has 4 heteroatoms. The Bertz CT molecular complexity index is 704. The first kappa shape index (κ1) is 17.0. The van der Waals surface area contributed by atoms with E-state index in [-0.39, 0.29) is 0 Å². The Morgan fingerprint density at radius 2 is 1.87 bits per heavy atom. The largest absolute Gasteiger partial charge is 0.344 e. The van der Waals surface area contributed by atoms with Gasteiger partial charge in [-0.3, -0.25) is 0 Å². The lowest BCUT2D eigenvalue weighted by atomic mass is 10.1. The lowest BCUT2D eigenvalue weighted by Crippen LogP contribution is -2.35. The molecule has 0 radical (unpaired) electrons. The fourth-order valence-corrected chi connectivity index (χ4v) is 2.54. The average Bonchev–Trinajstić information content (AvgIpc) is 2.55. The minimum absolute atomic E-state index is 0.446. The zero-order valence-electron chi connectivity index (χ0n) is 13.5. The van der Waals surface area contributed by atoms with E-state index < -0.39 is 0 Å². The molecule has 2 aromatic carbocycles. The van der Waals surface area contributed by atoms with Gasteiger partial charge in [-0.1, -0.05) is 36.4 Å². The SMILES string of the molecule is Cc1ccc(NC(=S)N(CCC#N)Cc2ccccc2)cc1C. The summed E-state index contributed by atoms with van der Waals surface area (Å²) in [6.45, 7) is 5.48. The molecule has 3 nitrogen and oxygen atoms in total. The Labute approximate surface area is 143 Å². The van der Waals surface area contributed by atoms with Crippen molar-refractivity contribution in [3.8, 4) is 6.07 Å². The van der Waals surface area contributed by atoms with Crippen LogP contribution in [-0.2, 0) is 6.54 Å². The van der Waals surface area contributed by atoms with Crippen LogP contribution in [0.25, 0.3) is 0 Å². The lowest BCUT2D eigenvalue weighted by molar-refractivity contribution is 0.428. The Morgan fingerprint density at radius 3 is 2.52 bits per heavy atom. The van der Waals surface area contributed by atoms with Crippen LogP contribution in [0.3, 0.4) is 0 Å². The zero-order valence-corrected chi connectivity index (χ0v) is 14.4. The number of nitriles is 1. The summed E-state index contributed by atoms with van der Waals surface area (Å²) in [6, 6.07) is 18.5. The predicted molar refractivity (Wildman–Crippen MR) is 99.2 cm³/mol. The topological polar surface area (TPSA) is 39.1 Å². The maximum Gasteiger partial charge on any atom is 0.173 e. The molecule has 0 heterocycles. The first-order chi connectivity index (χ1) is 11.1. The fourth-order valence-electron chi connectivity index (χ4n) is 2.26. The molecule has 23 heavy (non-hydrogen) atoms. The van der Waals surface area contributed by atoms with Crippen LogP contribution in [0, 0.1) is 25.2 Å².